The van der Waals surface area contributed by atoms with E-state index in [2.05, 4.69) is 19.1 Å². The van der Waals surface area contributed by atoms with Crippen LogP contribution in [0.5, 0.6) is 5.75 Å². The van der Waals surface area contributed by atoms with E-state index in [0.717, 1.165) is 6.42 Å². The molecule has 2 heteroatoms. The lowest BCUT2D eigenvalue weighted by Gasteiger charge is -2.05. The fourth-order valence-corrected chi connectivity index (χ4v) is 2.74. The molecule has 0 aliphatic rings. The van der Waals surface area contributed by atoms with Gasteiger partial charge in [0.05, 0.1) is 0 Å². The molecule has 1 aromatic rings. The molecular formula is C21H34O2. The summed E-state index contributed by atoms with van der Waals surface area (Å²) in [6, 6.07) is 7.95. The van der Waals surface area contributed by atoms with E-state index in [0.29, 0.717) is 12.2 Å². The highest BCUT2D eigenvalue weighted by atomic mass is 16.5. The highest BCUT2D eigenvalue weighted by Gasteiger charge is 2.01. The van der Waals surface area contributed by atoms with Crippen molar-refractivity contribution < 1.29 is 9.53 Å². The fourth-order valence-electron chi connectivity index (χ4n) is 2.74. The zero-order chi connectivity index (χ0) is 16.8. The third-order valence-electron chi connectivity index (χ3n) is 4.26. The fraction of sp³-hybridized carbons (Fsp3) is 0.667. The minimum Gasteiger partial charge on any atom is -0.427 e. The number of carbonyl (C=O) groups excluding carboxylic acids is 1. The molecule has 0 aliphatic carbocycles. The van der Waals surface area contributed by atoms with Crippen LogP contribution >= 0.6 is 0 Å². The van der Waals surface area contributed by atoms with E-state index in [1.54, 1.807) is 0 Å². The zero-order valence-corrected chi connectivity index (χ0v) is 15.1. The van der Waals surface area contributed by atoms with Gasteiger partial charge in [0.25, 0.3) is 0 Å². The van der Waals surface area contributed by atoms with Gasteiger partial charge in [-0.3, -0.25) is 4.79 Å². The molecule has 0 atom stereocenters. The molecule has 0 aliphatic heterocycles. The van der Waals surface area contributed by atoms with E-state index < -0.39 is 0 Å². The monoisotopic (exact) mass is 318 g/mol. The van der Waals surface area contributed by atoms with Gasteiger partial charge in [0.15, 0.2) is 0 Å². The maximum atomic E-state index is 11.2. The summed E-state index contributed by atoms with van der Waals surface area (Å²) in [6.45, 7) is 4.08. The first-order chi connectivity index (χ1) is 11.3. The number of esters is 1. The third kappa shape index (κ3) is 10.1. The van der Waals surface area contributed by atoms with Crippen LogP contribution in [-0.2, 0) is 11.2 Å². The molecule has 2 nitrogen and oxygen atoms in total. The summed E-state index contributed by atoms with van der Waals surface area (Å²) in [7, 11) is 0. The minimum atomic E-state index is -0.174. The van der Waals surface area contributed by atoms with Gasteiger partial charge >= 0.3 is 5.97 Å². The van der Waals surface area contributed by atoms with E-state index in [-0.39, 0.29) is 5.97 Å². The van der Waals surface area contributed by atoms with Crippen LogP contribution in [0.1, 0.15) is 90.0 Å². The molecule has 0 heterocycles. The molecule has 130 valence electrons. The summed E-state index contributed by atoms with van der Waals surface area (Å²) in [6.07, 6.45) is 15.3. The second-order valence-electron chi connectivity index (χ2n) is 6.40. The van der Waals surface area contributed by atoms with Crippen LogP contribution in [0.2, 0.25) is 0 Å². The van der Waals surface area contributed by atoms with E-state index in [1.165, 1.54) is 69.8 Å². The molecule has 0 aromatic heterocycles. The Kier molecular flexibility index (Phi) is 11.3. The first kappa shape index (κ1) is 19.7. The van der Waals surface area contributed by atoms with E-state index >= 15 is 0 Å². The standard InChI is InChI=1S/C21H34O2/c1-3-5-6-7-8-9-10-11-12-13-14-19-15-17-20(18-16-19)23-21(22)4-2/h15-18H,3-14H2,1-2H3. The van der Waals surface area contributed by atoms with Crippen LogP contribution in [0.25, 0.3) is 0 Å². The molecule has 1 rings (SSSR count). The number of hydrogen-bond acceptors (Lipinski definition) is 2. The number of carbonyl (C=O) groups is 1. The maximum Gasteiger partial charge on any atom is 0.310 e. The molecule has 0 N–H and O–H groups in total. The highest BCUT2D eigenvalue weighted by molar-refractivity contribution is 5.71. The number of benzene rings is 1. The van der Waals surface area contributed by atoms with Gasteiger partial charge in [0, 0.05) is 6.42 Å². The molecule has 0 bridgehead atoms. The Morgan fingerprint density at radius 3 is 1.83 bits per heavy atom. The lowest BCUT2D eigenvalue weighted by molar-refractivity contribution is -0.134. The molecular weight excluding hydrogens is 284 g/mol. The molecule has 0 unspecified atom stereocenters. The van der Waals surface area contributed by atoms with Gasteiger partial charge in [-0.2, -0.15) is 0 Å². The van der Waals surface area contributed by atoms with Crippen LogP contribution < -0.4 is 4.74 Å². The highest BCUT2D eigenvalue weighted by Crippen LogP contribution is 2.16. The number of ether oxygens (including phenoxy) is 1. The normalized spacial score (nSPS) is 10.7. The van der Waals surface area contributed by atoms with Crippen molar-refractivity contribution in [1.82, 2.24) is 0 Å². The Morgan fingerprint density at radius 1 is 0.783 bits per heavy atom. The first-order valence-corrected chi connectivity index (χ1v) is 9.56. The molecule has 0 fully saturated rings. The van der Waals surface area contributed by atoms with Gasteiger partial charge < -0.3 is 4.74 Å². The number of hydrogen-bond donors (Lipinski definition) is 0. The Morgan fingerprint density at radius 2 is 1.30 bits per heavy atom. The van der Waals surface area contributed by atoms with Crippen molar-refractivity contribution >= 4 is 5.97 Å². The van der Waals surface area contributed by atoms with Crippen LogP contribution in [0.4, 0.5) is 0 Å². The summed E-state index contributed by atoms with van der Waals surface area (Å²) in [5.41, 5.74) is 1.33. The molecule has 0 spiro atoms. The van der Waals surface area contributed by atoms with Crippen molar-refractivity contribution in [2.45, 2.75) is 90.9 Å². The zero-order valence-electron chi connectivity index (χ0n) is 15.1. The quantitative estimate of drug-likeness (QED) is 0.237. The van der Waals surface area contributed by atoms with Crippen LogP contribution in [0, 0.1) is 0 Å². The van der Waals surface area contributed by atoms with E-state index in [9.17, 15) is 4.79 Å². The summed E-state index contributed by atoms with van der Waals surface area (Å²) in [5.74, 6) is 0.483. The van der Waals surface area contributed by atoms with Crippen molar-refractivity contribution in [3.05, 3.63) is 29.8 Å². The summed E-state index contributed by atoms with van der Waals surface area (Å²) in [4.78, 5) is 11.2. The Hall–Kier alpha value is -1.31. The van der Waals surface area contributed by atoms with E-state index in [1.807, 2.05) is 19.1 Å². The summed E-state index contributed by atoms with van der Waals surface area (Å²) >= 11 is 0. The predicted molar refractivity (Wildman–Crippen MR) is 97.9 cm³/mol. The molecule has 23 heavy (non-hydrogen) atoms. The smallest absolute Gasteiger partial charge is 0.310 e. The van der Waals surface area contributed by atoms with Crippen molar-refractivity contribution in [3.63, 3.8) is 0 Å². The number of unbranched alkanes of at least 4 members (excludes halogenated alkanes) is 9. The van der Waals surface area contributed by atoms with Crippen LogP contribution in [0.15, 0.2) is 24.3 Å². The van der Waals surface area contributed by atoms with Gasteiger partial charge in [-0.1, -0.05) is 83.8 Å². The molecule has 0 radical (unpaired) electrons. The Bertz CT molecular complexity index is 408. The maximum absolute atomic E-state index is 11.2. The first-order valence-electron chi connectivity index (χ1n) is 9.56. The van der Waals surface area contributed by atoms with Crippen molar-refractivity contribution in [2.24, 2.45) is 0 Å². The Labute approximate surface area is 142 Å². The average molecular weight is 319 g/mol. The van der Waals surface area contributed by atoms with Gasteiger partial charge in [0.2, 0.25) is 0 Å². The lowest BCUT2D eigenvalue weighted by Crippen LogP contribution is -2.05. The average Bonchev–Trinajstić information content (AvgIpc) is 2.58. The van der Waals surface area contributed by atoms with Crippen molar-refractivity contribution in [2.75, 3.05) is 0 Å². The number of aryl methyl sites for hydroxylation is 1. The van der Waals surface area contributed by atoms with Gasteiger partial charge in [-0.25, -0.2) is 0 Å². The Balaban J connectivity index is 2.02. The van der Waals surface area contributed by atoms with Crippen molar-refractivity contribution in [1.29, 1.82) is 0 Å². The van der Waals surface area contributed by atoms with E-state index in [4.69, 9.17) is 4.74 Å². The lowest BCUT2D eigenvalue weighted by atomic mass is 10.0. The second kappa shape index (κ2) is 13.2. The summed E-state index contributed by atoms with van der Waals surface area (Å²) < 4.78 is 5.18. The molecule has 0 amide bonds. The third-order valence-corrected chi connectivity index (χ3v) is 4.26. The van der Waals surface area contributed by atoms with Gasteiger partial charge in [0.1, 0.15) is 5.75 Å². The largest absolute Gasteiger partial charge is 0.427 e. The molecule has 1 aromatic carbocycles. The topological polar surface area (TPSA) is 26.3 Å². The predicted octanol–water partition coefficient (Wildman–Crippen LogP) is 6.47. The SMILES string of the molecule is CCCCCCCCCCCCc1ccc(OC(=O)CC)cc1. The van der Waals surface area contributed by atoms with Gasteiger partial charge in [-0.05, 0) is 30.5 Å². The van der Waals surface area contributed by atoms with Crippen LogP contribution in [0.3, 0.4) is 0 Å². The van der Waals surface area contributed by atoms with Crippen molar-refractivity contribution in [3.8, 4) is 5.75 Å². The number of rotatable bonds is 13. The van der Waals surface area contributed by atoms with Crippen LogP contribution in [-0.4, -0.2) is 5.97 Å². The molecule has 0 saturated carbocycles. The van der Waals surface area contributed by atoms with Gasteiger partial charge in [-0.15, -0.1) is 0 Å². The summed E-state index contributed by atoms with van der Waals surface area (Å²) in [5, 5.41) is 0. The minimum absolute atomic E-state index is 0.174. The second-order valence-corrected chi connectivity index (χ2v) is 6.40. The molecule has 0 saturated heterocycles.